The van der Waals surface area contributed by atoms with Crippen molar-refractivity contribution in [2.24, 2.45) is 0 Å². The molecule has 1 aromatic carbocycles. The summed E-state index contributed by atoms with van der Waals surface area (Å²) < 4.78 is 40.8. The van der Waals surface area contributed by atoms with Gasteiger partial charge < -0.3 is 15.4 Å². The number of amides is 1. The summed E-state index contributed by atoms with van der Waals surface area (Å²) in [6, 6.07) is 5.94. The number of carbonyl (C=O) groups excluding carboxylic acids is 1. The maximum absolute atomic E-state index is 11.9. The molecule has 0 aliphatic carbocycles. The van der Waals surface area contributed by atoms with E-state index in [-0.39, 0.29) is 0 Å². The molecule has 2 N–H and O–H groups in total. The molecule has 1 amide bonds. The van der Waals surface area contributed by atoms with Crippen LogP contribution in [0.3, 0.4) is 0 Å². The van der Waals surface area contributed by atoms with Crippen LogP contribution in [0.1, 0.15) is 6.92 Å². The van der Waals surface area contributed by atoms with Gasteiger partial charge in [-0.05, 0) is 31.2 Å². The summed E-state index contributed by atoms with van der Waals surface area (Å²) in [5.41, 5.74) is 0.621. The van der Waals surface area contributed by atoms with E-state index in [0.29, 0.717) is 11.4 Å². The molecule has 0 saturated heterocycles. The zero-order valence-corrected chi connectivity index (χ0v) is 10.5. The highest BCUT2D eigenvalue weighted by molar-refractivity contribution is 5.84. The van der Waals surface area contributed by atoms with E-state index in [0.717, 1.165) is 0 Å². The Hall–Kier alpha value is -1.92. The summed E-state index contributed by atoms with van der Waals surface area (Å²) in [5.74, 6) is -0.0622. The van der Waals surface area contributed by atoms with E-state index in [9.17, 15) is 18.0 Å². The molecule has 19 heavy (non-hydrogen) atoms. The number of anilines is 1. The summed E-state index contributed by atoms with van der Waals surface area (Å²) >= 11 is 0. The first-order valence-corrected chi connectivity index (χ1v) is 5.57. The van der Waals surface area contributed by atoms with Gasteiger partial charge in [-0.3, -0.25) is 4.79 Å². The lowest BCUT2D eigenvalue weighted by atomic mass is 10.2. The summed E-state index contributed by atoms with van der Waals surface area (Å²) in [6.45, 7) is 0.149. The molecule has 0 saturated carbocycles. The van der Waals surface area contributed by atoms with Gasteiger partial charge in [0.05, 0.1) is 7.11 Å². The van der Waals surface area contributed by atoms with Crippen molar-refractivity contribution in [1.29, 1.82) is 0 Å². The zero-order valence-electron chi connectivity index (χ0n) is 10.5. The zero-order chi connectivity index (χ0) is 14.5. The molecule has 106 valence electrons. The molecule has 0 bridgehead atoms. The van der Waals surface area contributed by atoms with Gasteiger partial charge in [0.15, 0.2) is 0 Å². The van der Waals surface area contributed by atoms with Crippen LogP contribution in [-0.4, -0.2) is 31.8 Å². The van der Waals surface area contributed by atoms with E-state index >= 15 is 0 Å². The van der Waals surface area contributed by atoms with Crippen molar-refractivity contribution in [3.63, 3.8) is 0 Å². The maximum Gasteiger partial charge on any atom is 0.405 e. The van der Waals surface area contributed by atoms with Crippen molar-refractivity contribution < 1.29 is 22.7 Å². The second-order valence-corrected chi connectivity index (χ2v) is 3.93. The van der Waals surface area contributed by atoms with Crippen LogP contribution < -0.4 is 15.4 Å². The van der Waals surface area contributed by atoms with Crippen LogP contribution >= 0.6 is 0 Å². The summed E-state index contributed by atoms with van der Waals surface area (Å²) in [7, 11) is 1.52. The van der Waals surface area contributed by atoms with Crippen molar-refractivity contribution in [3.8, 4) is 5.75 Å². The van der Waals surface area contributed by atoms with Gasteiger partial charge in [-0.2, -0.15) is 13.2 Å². The van der Waals surface area contributed by atoms with Gasteiger partial charge in [0.1, 0.15) is 18.3 Å². The Morgan fingerprint density at radius 2 is 1.89 bits per heavy atom. The molecule has 1 aromatic rings. The predicted molar refractivity (Wildman–Crippen MR) is 65.1 cm³/mol. The fourth-order valence-corrected chi connectivity index (χ4v) is 1.34. The number of hydrogen-bond acceptors (Lipinski definition) is 3. The molecule has 1 rings (SSSR count). The lowest BCUT2D eigenvalue weighted by molar-refractivity contribution is -0.138. The fraction of sp³-hybridized carbons (Fsp3) is 0.417. The Bertz CT molecular complexity index is 418. The first-order chi connectivity index (χ1) is 8.81. The maximum atomic E-state index is 11.9. The molecule has 0 heterocycles. The number of carbonyl (C=O) groups is 1. The first kappa shape index (κ1) is 15.1. The van der Waals surface area contributed by atoms with Gasteiger partial charge in [-0.1, -0.05) is 0 Å². The second kappa shape index (κ2) is 6.31. The van der Waals surface area contributed by atoms with E-state index in [1.165, 1.54) is 14.0 Å². The number of rotatable bonds is 5. The summed E-state index contributed by atoms with van der Waals surface area (Å²) in [4.78, 5) is 11.4. The average molecular weight is 276 g/mol. The fourth-order valence-electron chi connectivity index (χ4n) is 1.34. The molecule has 1 unspecified atom stereocenters. The second-order valence-electron chi connectivity index (χ2n) is 3.93. The Balaban J connectivity index is 2.49. The largest absolute Gasteiger partial charge is 0.497 e. The standard InChI is InChI=1S/C12H15F3N2O2/c1-8(11(18)16-7-12(13,14)15)17-9-3-5-10(19-2)6-4-9/h3-6,8,17H,7H2,1-2H3,(H,16,18). The van der Waals surface area contributed by atoms with Gasteiger partial charge in [0, 0.05) is 5.69 Å². The van der Waals surface area contributed by atoms with E-state index in [2.05, 4.69) is 5.32 Å². The van der Waals surface area contributed by atoms with Crippen molar-refractivity contribution >= 4 is 11.6 Å². The van der Waals surface area contributed by atoms with Crippen molar-refractivity contribution in [1.82, 2.24) is 5.32 Å². The third-order valence-corrected chi connectivity index (χ3v) is 2.33. The molecule has 0 aliphatic heterocycles. The van der Waals surface area contributed by atoms with Gasteiger partial charge in [-0.25, -0.2) is 0 Å². The average Bonchev–Trinajstić information content (AvgIpc) is 2.36. The minimum Gasteiger partial charge on any atom is -0.497 e. The van der Waals surface area contributed by atoms with Crippen LogP contribution in [0.5, 0.6) is 5.75 Å². The first-order valence-electron chi connectivity index (χ1n) is 5.57. The number of nitrogens with one attached hydrogen (secondary N) is 2. The highest BCUT2D eigenvalue weighted by atomic mass is 19.4. The van der Waals surface area contributed by atoms with Gasteiger partial charge in [0.2, 0.25) is 5.91 Å². The van der Waals surface area contributed by atoms with E-state index in [1.54, 1.807) is 24.3 Å². The van der Waals surface area contributed by atoms with Crippen molar-refractivity contribution in [2.75, 3.05) is 19.0 Å². The minimum absolute atomic E-state index is 0.621. The molecule has 0 aromatic heterocycles. The minimum atomic E-state index is -4.41. The van der Waals surface area contributed by atoms with Crippen molar-refractivity contribution in [3.05, 3.63) is 24.3 Å². The monoisotopic (exact) mass is 276 g/mol. The molecule has 0 radical (unpaired) electrons. The predicted octanol–water partition coefficient (Wildman–Crippen LogP) is 2.17. The molecule has 0 aliphatic rings. The van der Waals surface area contributed by atoms with E-state index in [4.69, 9.17) is 4.74 Å². The molecule has 4 nitrogen and oxygen atoms in total. The topological polar surface area (TPSA) is 50.4 Å². The van der Waals surface area contributed by atoms with Gasteiger partial charge in [0.25, 0.3) is 0 Å². The van der Waals surface area contributed by atoms with Crippen molar-refractivity contribution in [2.45, 2.75) is 19.1 Å². The number of hydrogen-bond donors (Lipinski definition) is 2. The third kappa shape index (κ3) is 5.50. The van der Waals surface area contributed by atoms with Crippen LogP contribution in [0.25, 0.3) is 0 Å². The molecular formula is C12H15F3N2O2. The third-order valence-electron chi connectivity index (χ3n) is 2.33. The van der Waals surface area contributed by atoms with Crippen LogP contribution in [0.2, 0.25) is 0 Å². The Morgan fingerprint density at radius 1 is 1.32 bits per heavy atom. The summed E-state index contributed by atoms with van der Waals surface area (Å²) in [5, 5.41) is 4.61. The van der Waals surface area contributed by atoms with Crippen LogP contribution in [0.15, 0.2) is 24.3 Å². The number of benzene rings is 1. The molecular weight excluding hydrogens is 261 g/mol. The van der Waals surface area contributed by atoms with Gasteiger partial charge in [-0.15, -0.1) is 0 Å². The Morgan fingerprint density at radius 3 is 2.37 bits per heavy atom. The Labute approximate surface area is 108 Å². The van der Waals surface area contributed by atoms with Crippen LogP contribution in [0, 0.1) is 0 Å². The lowest BCUT2D eigenvalue weighted by Crippen LogP contribution is -2.42. The highest BCUT2D eigenvalue weighted by Gasteiger charge is 2.28. The number of alkyl halides is 3. The SMILES string of the molecule is COc1ccc(NC(C)C(=O)NCC(F)(F)F)cc1. The Kier molecular flexibility index (Phi) is 5.02. The molecule has 7 heteroatoms. The quantitative estimate of drug-likeness (QED) is 0.866. The smallest absolute Gasteiger partial charge is 0.405 e. The lowest BCUT2D eigenvalue weighted by Gasteiger charge is -2.16. The number of halogens is 3. The number of methoxy groups -OCH3 is 1. The van der Waals surface area contributed by atoms with E-state index in [1.807, 2.05) is 5.32 Å². The summed E-state index contributed by atoms with van der Waals surface area (Å²) in [6.07, 6.45) is -4.41. The highest BCUT2D eigenvalue weighted by Crippen LogP contribution is 2.16. The molecule has 0 fully saturated rings. The van der Waals surface area contributed by atoms with Gasteiger partial charge >= 0.3 is 6.18 Å². The molecule has 1 atom stereocenters. The van der Waals surface area contributed by atoms with Crippen LogP contribution in [0.4, 0.5) is 18.9 Å². The normalized spacial score (nSPS) is 12.7. The molecule has 0 spiro atoms. The van der Waals surface area contributed by atoms with Crippen LogP contribution in [-0.2, 0) is 4.79 Å². The van der Waals surface area contributed by atoms with E-state index < -0.39 is 24.7 Å². The number of ether oxygens (including phenoxy) is 1.